The van der Waals surface area contributed by atoms with Gasteiger partial charge in [-0.2, -0.15) is 0 Å². The molecule has 0 saturated carbocycles. The first-order chi connectivity index (χ1) is 20.0. The van der Waals surface area contributed by atoms with E-state index >= 15 is 0 Å². The highest BCUT2D eigenvalue weighted by molar-refractivity contribution is 5.95. The van der Waals surface area contributed by atoms with Crippen molar-refractivity contribution >= 4 is 18.0 Å². The molecular weight excluding hydrogens is 544 g/mol. The van der Waals surface area contributed by atoms with Crippen molar-refractivity contribution in [2.75, 3.05) is 21.0 Å². The molecule has 3 rings (SSSR count). The minimum absolute atomic E-state index is 0.0470. The molecule has 10 heteroatoms. The molecule has 1 heterocycles. The van der Waals surface area contributed by atoms with Gasteiger partial charge in [-0.3, -0.25) is 0 Å². The van der Waals surface area contributed by atoms with Crippen LogP contribution in [-0.4, -0.2) is 73.4 Å². The maximum absolute atomic E-state index is 13.0. The summed E-state index contributed by atoms with van der Waals surface area (Å²) in [5, 5.41) is 19.9. The maximum atomic E-state index is 13.0. The van der Waals surface area contributed by atoms with Crippen molar-refractivity contribution in [3.05, 3.63) is 77.4 Å². The Bertz CT molecular complexity index is 1250. The third-order valence-corrected chi connectivity index (χ3v) is 6.72. The van der Waals surface area contributed by atoms with Crippen molar-refractivity contribution < 1.29 is 48.2 Å². The van der Waals surface area contributed by atoms with Gasteiger partial charge in [0.05, 0.1) is 24.9 Å². The zero-order valence-corrected chi connectivity index (χ0v) is 24.8. The molecule has 2 aromatic rings. The molecule has 0 radical (unpaired) electrons. The van der Waals surface area contributed by atoms with Crippen LogP contribution in [0.3, 0.4) is 0 Å². The van der Waals surface area contributed by atoms with Crippen LogP contribution in [0, 0.1) is 5.92 Å². The molecule has 0 spiro atoms. The van der Waals surface area contributed by atoms with Gasteiger partial charge in [-0.1, -0.05) is 43.4 Å². The number of carbonyl (C=O) groups is 2. The van der Waals surface area contributed by atoms with Crippen LogP contribution in [0.2, 0.25) is 0 Å². The molecule has 1 fully saturated rings. The fourth-order valence-corrected chi connectivity index (χ4v) is 4.41. The van der Waals surface area contributed by atoms with E-state index in [4.69, 9.17) is 28.4 Å². The number of ether oxygens (including phenoxy) is 6. The van der Waals surface area contributed by atoms with Gasteiger partial charge in [0.2, 0.25) is 0 Å². The largest absolute Gasteiger partial charge is 0.497 e. The van der Waals surface area contributed by atoms with Gasteiger partial charge in [-0.05, 0) is 62.9 Å². The molecule has 228 valence electrons. The summed E-state index contributed by atoms with van der Waals surface area (Å²) in [6.45, 7) is 6.94. The van der Waals surface area contributed by atoms with E-state index < -0.39 is 42.1 Å². The van der Waals surface area contributed by atoms with E-state index in [0.29, 0.717) is 23.3 Å². The van der Waals surface area contributed by atoms with Crippen molar-refractivity contribution in [3.63, 3.8) is 0 Å². The van der Waals surface area contributed by atoms with Gasteiger partial charge in [-0.25, -0.2) is 9.59 Å². The molecule has 1 unspecified atom stereocenters. The first-order valence-corrected chi connectivity index (χ1v) is 13.7. The SMILES string of the molecule is COCOc1cc(OC)cc(C=CC[C@@H]2OC(C)(C)O[C@@H]2C(C=C[C@H](C)[C@H](C)O)OC(=O)c2ccccc2)c1C(=O)O. The summed E-state index contributed by atoms with van der Waals surface area (Å²) in [6, 6.07) is 11.7. The minimum atomic E-state index is -1.17. The Hall–Kier alpha value is -3.70. The summed E-state index contributed by atoms with van der Waals surface area (Å²) in [6.07, 6.45) is 4.53. The molecule has 1 aliphatic heterocycles. The summed E-state index contributed by atoms with van der Waals surface area (Å²) in [5.74, 6) is -2.36. The predicted octanol–water partition coefficient (Wildman–Crippen LogP) is 5.10. The summed E-state index contributed by atoms with van der Waals surface area (Å²) < 4.78 is 34.1. The second-order valence-electron chi connectivity index (χ2n) is 10.4. The van der Waals surface area contributed by atoms with Gasteiger partial charge in [0.15, 0.2) is 12.6 Å². The third-order valence-electron chi connectivity index (χ3n) is 6.72. The number of carboxylic acid groups (broad SMARTS) is 1. The summed E-state index contributed by atoms with van der Waals surface area (Å²) in [4.78, 5) is 25.2. The highest BCUT2D eigenvalue weighted by Crippen LogP contribution is 2.35. The van der Waals surface area contributed by atoms with Crippen LogP contribution in [0.25, 0.3) is 6.08 Å². The van der Waals surface area contributed by atoms with Crippen molar-refractivity contribution in [2.45, 2.75) is 64.3 Å². The van der Waals surface area contributed by atoms with E-state index in [-0.39, 0.29) is 24.0 Å². The number of hydrogen-bond acceptors (Lipinski definition) is 9. The van der Waals surface area contributed by atoms with E-state index in [0.717, 1.165) is 0 Å². The lowest BCUT2D eigenvalue weighted by molar-refractivity contribution is -0.152. The third kappa shape index (κ3) is 8.90. The van der Waals surface area contributed by atoms with Crippen LogP contribution in [0.4, 0.5) is 0 Å². The van der Waals surface area contributed by atoms with Gasteiger partial charge in [-0.15, -0.1) is 0 Å². The Morgan fingerprint density at radius 3 is 2.40 bits per heavy atom. The molecule has 42 heavy (non-hydrogen) atoms. The number of aromatic carboxylic acids is 1. The highest BCUT2D eigenvalue weighted by atomic mass is 16.8. The number of methoxy groups -OCH3 is 2. The van der Waals surface area contributed by atoms with Crippen LogP contribution < -0.4 is 9.47 Å². The number of benzene rings is 2. The monoisotopic (exact) mass is 584 g/mol. The van der Waals surface area contributed by atoms with Crippen molar-refractivity contribution in [2.24, 2.45) is 5.92 Å². The Balaban J connectivity index is 1.91. The molecule has 1 saturated heterocycles. The highest BCUT2D eigenvalue weighted by Gasteiger charge is 2.45. The molecule has 5 atom stereocenters. The van der Waals surface area contributed by atoms with E-state index in [1.54, 1.807) is 75.4 Å². The standard InChI is InChI=1S/C32H40O10/c1-20(21(2)33)15-16-25(40-31(36)22-11-8-7-9-12-22)29-26(41-32(3,4)42-29)14-10-13-23-17-24(38-6)18-27(39-19-37-5)28(23)30(34)35/h7-13,15-18,20-21,25-26,29,33H,14,19H2,1-6H3,(H,34,35)/t20-,21-,25?,26-,29+/m0/s1. The van der Waals surface area contributed by atoms with E-state index in [9.17, 15) is 19.8 Å². The van der Waals surface area contributed by atoms with Gasteiger partial charge >= 0.3 is 11.9 Å². The Labute approximate surface area is 246 Å². The average molecular weight is 585 g/mol. The fourth-order valence-electron chi connectivity index (χ4n) is 4.41. The molecular formula is C32H40O10. The van der Waals surface area contributed by atoms with Crippen LogP contribution >= 0.6 is 0 Å². The zero-order chi connectivity index (χ0) is 30.9. The number of rotatable bonds is 14. The first-order valence-electron chi connectivity index (χ1n) is 13.7. The number of esters is 1. The molecule has 1 aliphatic rings. The minimum Gasteiger partial charge on any atom is -0.497 e. The lowest BCUT2D eigenvalue weighted by Gasteiger charge is -2.25. The summed E-state index contributed by atoms with van der Waals surface area (Å²) >= 11 is 0. The van der Waals surface area contributed by atoms with Crippen LogP contribution in [0.15, 0.2) is 60.7 Å². The number of aliphatic hydroxyl groups is 1. The van der Waals surface area contributed by atoms with Crippen LogP contribution in [0.5, 0.6) is 11.5 Å². The molecule has 0 aliphatic carbocycles. The van der Waals surface area contributed by atoms with Gasteiger partial charge < -0.3 is 38.6 Å². The lowest BCUT2D eigenvalue weighted by Crippen LogP contribution is -2.37. The normalized spacial score (nSPS) is 20.4. The van der Waals surface area contributed by atoms with E-state index in [2.05, 4.69) is 0 Å². The Morgan fingerprint density at radius 2 is 1.79 bits per heavy atom. The van der Waals surface area contributed by atoms with Gasteiger partial charge in [0, 0.05) is 13.2 Å². The van der Waals surface area contributed by atoms with E-state index in [1.165, 1.54) is 20.3 Å². The summed E-state index contributed by atoms with van der Waals surface area (Å²) in [7, 11) is 2.91. The van der Waals surface area contributed by atoms with Crippen molar-refractivity contribution in [3.8, 4) is 11.5 Å². The number of carboxylic acids is 1. The van der Waals surface area contributed by atoms with Gasteiger partial charge in [0.1, 0.15) is 29.3 Å². The van der Waals surface area contributed by atoms with E-state index in [1.807, 2.05) is 13.0 Å². The summed E-state index contributed by atoms with van der Waals surface area (Å²) in [5.41, 5.74) is 0.703. The lowest BCUT2D eigenvalue weighted by atomic mass is 9.99. The van der Waals surface area contributed by atoms with Gasteiger partial charge in [0.25, 0.3) is 0 Å². The van der Waals surface area contributed by atoms with Crippen LogP contribution in [0.1, 0.15) is 60.4 Å². The molecule has 0 bridgehead atoms. The predicted molar refractivity (Wildman–Crippen MR) is 156 cm³/mol. The molecule has 0 aromatic heterocycles. The number of hydrogen-bond donors (Lipinski definition) is 2. The topological polar surface area (TPSA) is 130 Å². The average Bonchev–Trinajstić information content (AvgIpc) is 3.27. The maximum Gasteiger partial charge on any atom is 0.340 e. The zero-order valence-electron chi connectivity index (χ0n) is 24.8. The smallest absolute Gasteiger partial charge is 0.340 e. The number of carbonyl (C=O) groups excluding carboxylic acids is 1. The van der Waals surface area contributed by atoms with Crippen molar-refractivity contribution in [1.82, 2.24) is 0 Å². The Kier molecular flexibility index (Phi) is 11.7. The molecule has 2 N–H and O–H groups in total. The fraction of sp³-hybridized carbons (Fsp3) is 0.438. The first kappa shape index (κ1) is 32.8. The van der Waals surface area contributed by atoms with Crippen LogP contribution in [-0.2, 0) is 18.9 Å². The van der Waals surface area contributed by atoms with Crippen molar-refractivity contribution in [1.29, 1.82) is 0 Å². The second kappa shape index (κ2) is 15.0. The molecule has 10 nitrogen and oxygen atoms in total. The molecule has 2 aromatic carbocycles. The number of aliphatic hydroxyl groups excluding tert-OH is 1. The Morgan fingerprint density at radius 1 is 1.07 bits per heavy atom. The quantitative estimate of drug-likeness (QED) is 0.176. The molecule has 0 amide bonds. The second-order valence-corrected chi connectivity index (χ2v) is 10.4.